The summed E-state index contributed by atoms with van der Waals surface area (Å²) in [5.41, 5.74) is 2.16. The van der Waals surface area contributed by atoms with Crippen molar-refractivity contribution in [3.63, 3.8) is 0 Å². The first-order valence-electron chi connectivity index (χ1n) is 4.86. The normalized spacial score (nSPS) is 10.3. The maximum absolute atomic E-state index is 5.70. The molecule has 0 aliphatic carbocycles. The summed E-state index contributed by atoms with van der Waals surface area (Å²) in [6, 6.07) is 10.2. The summed E-state index contributed by atoms with van der Waals surface area (Å²) in [5, 5.41) is 1.98. The van der Waals surface area contributed by atoms with Crippen molar-refractivity contribution in [2.75, 3.05) is 0 Å². The molecule has 15 heavy (non-hydrogen) atoms. The zero-order valence-corrected chi connectivity index (χ0v) is 9.67. The van der Waals surface area contributed by atoms with Crippen LogP contribution in [0.2, 0.25) is 0 Å². The monoisotopic (exact) mass is 219 g/mol. The van der Waals surface area contributed by atoms with E-state index in [-0.39, 0.29) is 0 Å². The molecule has 0 fully saturated rings. The molecule has 0 unspecified atom stereocenters. The first kappa shape index (κ1) is 10.2. The Kier molecular flexibility index (Phi) is 3.02. The highest BCUT2D eigenvalue weighted by molar-refractivity contribution is 7.13. The molecule has 1 heterocycles. The van der Waals surface area contributed by atoms with Crippen molar-refractivity contribution < 1.29 is 4.74 Å². The molecule has 3 heteroatoms. The third-order valence-corrected chi connectivity index (χ3v) is 3.06. The summed E-state index contributed by atoms with van der Waals surface area (Å²) in [6.45, 7) is 4.58. The zero-order valence-electron chi connectivity index (χ0n) is 8.86. The van der Waals surface area contributed by atoms with Gasteiger partial charge in [0.25, 0.3) is 0 Å². The molecule has 0 saturated heterocycles. The lowest BCUT2D eigenvalue weighted by Gasteiger charge is -2.03. The topological polar surface area (TPSA) is 22.1 Å². The number of ether oxygens (including phenoxy) is 1. The number of aromatic nitrogens is 1. The molecule has 0 amide bonds. The van der Waals surface area contributed by atoms with Gasteiger partial charge in [0.15, 0.2) is 5.06 Å². The third-order valence-electron chi connectivity index (χ3n) is 2.07. The average Bonchev–Trinajstić information content (AvgIpc) is 2.56. The number of rotatable bonds is 3. The minimum Gasteiger partial charge on any atom is -0.478 e. The molecule has 0 radical (unpaired) electrons. The molecule has 0 saturated carbocycles. The Morgan fingerprint density at radius 3 is 2.53 bits per heavy atom. The molecule has 0 aliphatic heterocycles. The van der Waals surface area contributed by atoms with E-state index in [1.54, 1.807) is 11.3 Å². The first-order chi connectivity index (χ1) is 7.25. The molecular formula is C12H13NOS. The molecule has 0 spiro atoms. The van der Waals surface area contributed by atoms with E-state index in [2.05, 4.69) is 17.1 Å². The largest absolute Gasteiger partial charge is 0.478 e. The van der Waals surface area contributed by atoms with Crippen LogP contribution in [0.25, 0.3) is 0 Å². The third kappa shape index (κ3) is 2.57. The lowest BCUT2D eigenvalue weighted by Crippen LogP contribution is -1.94. The molecule has 0 N–H and O–H groups in total. The van der Waals surface area contributed by atoms with E-state index in [0.717, 1.165) is 15.8 Å². The summed E-state index contributed by atoms with van der Waals surface area (Å²) in [5.74, 6) is 0. The van der Waals surface area contributed by atoms with E-state index in [4.69, 9.17) is 4.74 Å². The van der Waals surface area contributed by atoms with Gasteiger partial charge in [-0.25, -0.2) is 4.98 Å². The van der Waals surface area contributed by atoms with Gasteiger partial charge < -0.3 is 4.74 Å². The van der Waals surface area contributed by atoms with Gasteiger partial charge in [-0.05, 0) is 19.4 Å². The van der Waals surface area contributed by atoms with Crippen LogP contribution in [-0.4, -0.2) is 4.98 Å². The number of nitrogens with zero attached hydrogens (tertiary/aromatic N) is 1. The van der Waals surface area contributed by atoms with Crippen molar-refractivity contribution in [1.29, 1.82) is 0 Å². The van der Waals surface area contributed by atoms with Crippen molar-refractivity contribution in [1.82, 2.24) is 4.98 Å². The highest BCUT2D eigenvalue weighted by Crippen LogP contribution is 2.26. The molecule has 0 bridgehead atoms. The zero-order chi connectivity index (χ0) is 10.7. The van der Waals surface area contributed by atoms with Crippen molar-refractivity contribution >= 4 is 11.3 Å². The summed E-state index contributed by atoms with van der Waals surface area (Å²) < 4.78 is 5.70. The summed E-state index contributed by atoms with van der Waals surface area (Å²) in [6.07, 6.45) is 0. The average molecular weight is 219 g/mol. The van der Waals surface area contributed by atoms with Crippen molar-refractivity contribution in [3.05, 3.63) is 46.6 Å². The maximum atomic E-state index is 5.70. The second kappa shape index (κ2) is 4.45. The molecule has 1 aromatic carbocycles. The Morgan fingerprint density at radius 1 is 1.20 bits per heavy atom. The minimum absolute atomic E-state index is 0.614. The summed E-state index contributed by atoms with van der Waals surface area (Å²) in [7, 11) is 0. The molecule has 2 rings (SSSR count). The maximum Gasteiger partial charge on any atom is 0.197 e. The Balaban J connectivity index is 2.02. The smallest absolute Gasteiger partial charge is 0.197 e. The van der Waals surface area contributed by atoms with E-state index >= 15 is 0 Å². The van der Waals surface area contributed by atoms with Gasteiger partial charge >= 0.3 is 0 Å². The number of benzene rings is 1. The SMILES string of the molecule is Cc1nc(C)c(OCc2ccccc2)s1. The molecule has 78 valence electrons. The van der Waals surface area contributed by atoms with Gasteiger partial charge in [-0.1, -0.05) is 41.7 Å². The molecule has 2 aromatic rings. The van der Waals surface area contributed by atoms with Gasteiger partial charge in [0.2, 0.25) is 0 Å². The van der Waals surface area contributed by atoms with E-state index in [0.29, 0.717) is 6.61 Å². The first-order valence-corrected chi connectivity index (χ1v) is 5.68. The van der Waals surface area contributed by atoms with Crippen LogP contribution < -0.4 is 4.74 Å². The highest BCUT2D eigenvalue weighted by atomic mass is 32.1. The molecule has 0 atom stereocenters. The van der Waals surface area contributed by atoms with E-state index in [1.807, 2.05) is 32.0 Å². The van der Waals surface area contributed by atoms with Crippen LogP contribution in [-0.2, 0) is 6.61 Å². The van der Waals surface area contributed by atoms with E-state index < -0.39 is 0 Å². The molecule has 1 aromatic heterocycles. The van der Waals surface area contributed by atoms with Crippen LogP contribution >= 0.6 is 11.3 Å². The Hall–Kier alpha value is -1.35. The van der Waals surface area contributed by atoms with Gasteiger partial charge in [-0.2, -0.15) is 0 Å². The van der Waals surface area contributed by atoms with Crippen molar-refractivity contribution in [2.24, 2.45) is 0 Å². The van der Waals surface area contributed by atoms with Crippen molar-refractivity contribution in [3.8, 4) is 5.06 Å². The fourth-order valence-corrected chi connectivity index (χ4v) is 2.13. The minimum atomic E-state index is 0.614. The van der Waals surface area contributed by atoms with Gasteiger partial charge in [0.1, 0.15) is 6.61 Å². The molecule has 0 aliphatic rings. The van der Waals surface area contributed by atoms with Crippen LogP contribution in [0.1, 0.15) is 16.3 Å². The Labute approximate surface area is 93.6 Å². The highest BCUT2D eigenvalue weighted by Gasteiger charge is 2.05. The molecule has 2 nitrogen and oxygen atoms in total. The molecular weight excluding hydrogens is 206 g/mol. The standard InChI is InChI=1S/C12H13NOS/c1-9-12(15-10(2)13-9)14-8-11-6-4-3-5-7-11/h3-7H,8H2,1-2H3. The predicted molar refractivity (Wildman–Crippen MR) is 62.4 cm³/mol. The van der Waals surface area contributed by atoms with Crippen molar-refractivity contribution in [2.45, 2.75) is 20.5 Å². The number of hydrogen-bond acceptors (Lipinski definition) is 3. The number of hydrogen-bond donors (Lipinski definition) is 0. The van der Waals surface area contributed by atoms with Crippen LogP contribution in [0.3, 0.4) is 0 Å². The van der Waals surface area contributed by atoms with Crippen LogP contribution in [0, 0.1) is 13.8 Å². The second-order valence-corrected chi connectivity index (χ2v) is 4.55. The Morgan fingerprint density at radius 2 is 1.93 bits per heavy atom. The summed E-state index contributed by atoms with van der Waals surface area (Å²) >= 11 is 1.60. The summed E-state index contributed by atoms with van der Waals surface area (Å²) in [4.78, 5) is 4.32. The van der Waals surface area contributed by atoms with E-state index in [1.165, 1.54) is 5.56 Å². The lowest BCUT2D eigenvalue weighted by atomic mass is 10.2. The van der Waals surface area contributed by atoms with Gasteiger partial charge in [-0.15, -0.1) is 0 Å². The van der Waals surface area contributed by atoms with Crippen LogP contribution in [0.4, 0.5) is 0 Å². The lowest BCUT2D eigenvalue weighted by molar-refractivity contribution is 0.313. The van der Waals surface area contributed by atoms with Gasteiger partial charge in [0.05, 0.1) is 10.7 Å². The Bertz CT molecular complexity index is 436. The second-order valence-electron chi connectivity index (χ2n) is 3.38. The fourth-order valence-electron chi connectivity index (χ4n) is 1.37. The quantitative estimate of drug-likeness (QED) is 0.790. The fraction of sp³-hybridized carbons (Fsp3) is 0.250. The number of thiazole rings is 1. The predicted octanol–water partition coefficient (Wildman–Crippen LogP) is 3.34. The van der Waals surface area contributed by atoms with E-state index in [9.17, 15) is 0 Å². The van der Waals surface area contributed by atoms with Crippen LogP contribution in [0.15, 0.2) is 30.3 Å². The van der Waals surface area contributed by atoms with Gasteiger partial charge in [-0.3, -0.25) is 0 Å². The number of aryl methyl sites for hydroxylation is 2. The van der Waals surface area contributed by atoms with Crippen LogP contribution in [0.5, 0.6) is 5.06 Å². The van der Waals surface area contributed by atoms with Gasteiger partial charge in [0, 0.05) is 0 Å².